The fourth-order valence-corrected chi connectivity index (χ4v) is 3.24. The summed E-state index contributed by atoms with van der Waals surface area (Å²) in [6.45, 7) is 5.19. The molecule has 0 unspecified atom stereocenters. The first-order chi connectivity index (χ1) is 10.1. The molecule has 1 fully saturated rings. The molecule has 108 valence electrons. The maximum Gasteiger partial charge on any atom is 0.129 e. The van der Waals surface area contributed by atoms with Gasteiger partial charge in [-0.05, 0) is 38.8 Å². The average molecular weight is 281 g/mol. The highest BCUT2D eigenvalue weighted by Gasteiger charge is 2.31. The summed E-state index contributed by atoms with van der Waals surface area (Å²) in [7, 11) is 1.99. The van der Waals surface area contributed by atoms with E-state index in [-0.39, 0.29) is 0 Å². The molecule has 0 saturated carbocycles. The van der Waals surface area contributed by atoms with Crippen molar-refractivity contribution in [2.75, 3.05) is 11.4 Å². The molecule has 1 saturated heterocycles. The molecule has 0 N–H and O–H groups in total. The predicted molar refractivity (Wildman–Crippen MR) is 81.0 cm³/mol. The van der Waals surface area contributed by atoms with Crippen molar-refractivity contribution in [2.45, 2.75) is 32.7 Å². The third-order valence-electron chi connectivity index (χ3n) is 4.32. The standard InChI is InChI=1S/C16H19N5/c1-11-16(12(2)20(3)19-11)14-5-4-8-21(14)15-7-6-13(9-17)10-18-15/h6-7,10,14H,4-5,8H2,1-3H3/t14-/m0/s1. The Morgan fingerprint density at radius 3 is 2.71 bits per heavy atom. The Bertz CT molecular complexity index is 693. The first-order valence-electron chi connectivity index (χ1n) is 7.24. The van der Waals surface area contributed by atoms with Crippen molar-refractivity contribution in [3.63, 3.8) is 0 Å². The van der Waals surface area contributed by atoms with Crippen LogP contribution in [0.2, 0.25) is 0 Å². The summed E-state index contributed by atoms with van der Waals surface area (Å²) in [6.07, 6.45) is 3.92. The molecule has 21 heavy (non-hydrogen) atoms. The highest BCUT2D eigenvalue weighted by Crippen LogP contribution is 2.37. The highest BCUT2D eigenvalue weighted by molar-refractivity contribution is 5.47. The van der Waals surface area contributed by atoms with Crippen LogP contribution in [0.25, 0.3) is 0 Å². The summed E-state index contributed by atoms with van der Waals surface area (Å²) < 4.78 is 1.95. The lowest BCUT2D eigenvalue weighted by atomic mass is 10.0. The molecule has 0 aliphatic carbocycles. The van der Waals surface area contributed by atoms with E-state index in [0.29, 0.717) is 11.6 Å². The summed E-state index contributed by atoms with van der Waals surface area (Å²) in [5, 5.41) is 13.4. The number of pyridine rings is 1. The van der Waals surface area contributed by atoms with Gasteiger partial charge in [0.15, 0.2) is 0 Å². The van der Waals surface area contributed by atoms with Crippen LogP contribution in [0.15, 0.2) is 18.3 Å². The Labute approximate surface area is 124 Å². The van der Waals surface area contributed by atoms with Gasteiger partial charge in [0, 0.05) is 31.0 Å². The van der Waals surface area contributed by atoms with Gasteiger partial charge in [0.25, 0.3) is 0 Å². The Balaban J connectivity index is 1.97. The average Bonchev–Trinajstić information content (AvgIpc) is 3.05. The van der Waals surface area contributed by atoms with Crippen molar-refractivity contribution >= 4 is 5.82 Å². The first kappa shape index (κ1) is 13.6. The molecule has 0 spiro atoms. The quantitative estimate of drug-likeness (QED) is 0.849. The summed E-state index contributed by atoms with van der Waals surface area (Å²) in [6, 6.07) is 6.22. The maximum absolute atomic E-state index is 8.88. The van der Waals surface area contributed by atoms with E-state index < -0.39 is 0 Å². The third-order valence-corrected chi connectivity index (χ3v) is 4.32. The molecule has 3 rings (SSSR count). The van der Waals surface area contributed by atoms with Crippen LogP contribution in [0.5, 0.6) is 0 Å². The van der Waals surface area contributed by atoms with Crippen LogP contribution in [0.4, 0.5) is 5.82 Å². The Morgan fingerprint density at radius 1 is 1.33 bits per heavy atom. The monoisotopic (exact) mass is 281 g/mol. The van der Waals surface area contributed by atoms with Gasteiger partial charge in [-0.25, -0.2) is 4.98 Å². The smallest absolute Gasteiger partial charge is 0.129 e. The molecule has 1 aliphatic heterocycles. The largest absolute Gasteiger partial charge is 0.349 e. The lowest BCUT2D eigenvalue weighted by molar-refractivity contribution is 0.693. The van der Waals surface area contributed by atoms with Gasteiger partial charge in [-0.2, -0.15) is 10.4 Å². The number of nitriles is 1. The van der Waals surface area contributed by atoms with E-state index >= 15 is 0 Å². The van der Waals surface area contributed by atoms with Crippen LogP contribution in [-0.2, 0) is 7.05 Å². The molecule has 5 nitrogen and oxygen atoms in total. The van der Waals surface area contributed by atoms with Gasteiger partial charge < -0.3 is 4.90 Å². The summed E-state index contributed by atoms with van der Waals surface area (Å²) >= 11 is 0. The highest BCUT2D eigenvalue weighted by atomic mass is 15.3. The predicted octanol–water partition coefficient (Wildman–Crippen LogP) is 2.65. The van der Waals surface area contributed by atoms with E-state index in [1.54, 1.807) is 6.20 Å². The number of aryl methyl sites for hydroxylation is 2. The Kier molecular flexibility index (Phi) is 3.38. The number of rotatable bonds is 2. The summed E-state index contributed by atoms with van der Waals surface area (Å²) in [4.78, 5) is 6.78. The van der Waals surface area contributed by atoms with Crippen molar-refractivity contribution in [1.82, 2.24) is 14.8 Å². The van der Waals surface area contributed by atoms with Crippen LogP contribution in [0, 0.1) is 25.2 Å². The molecule has 1 atom stereocenters. The summed E-state index contributed by atoms with van der Waals surface area (Å²) in [5.41, 5.74) is 4.24. The van der Waals surface area contributed by atoms with Gasteiger partial charge in [-0.3, -0.25) is 4.68 Å². The van der Waals surface area contributed by atoms with Gasteiger partial charge in [0.2, 0.25) is 0 Å². The summed E-state index contributed by atoms with van der Waals surface area (Å²) in [5.74, 6) is 0.944. The van der Waals surface area contributed by atoms with Crippen LogP contribution in [0.3, 0.4) is 0 Å². The molecular weight excluding hydrogens is 262 g/mol. The van der Waals surface area contributed by atoms with E-state index in [1.807, 2.05) is 23.9 Å². The van der Waals surface area contributed by atoms with Crippen molar-refractivity contribution in [3.8, 4) is 6.07 Å². The van der Waals surface area contributed by atoms with Crippen LogP contribution in [0.1, 0.15) is 41.4 Å². The molecule has 0 aromatic carbocycles. The van der Waals surface area contributed by atoms with E-state index in [9.17, 15) is 0 Å². The zero-order valence-corrected chi connectivity index (χ0v) is 12.7. The fourth-order valence-electron chi connectivity index (χ4n) is 3.24. The van der Waals surface area contributed by atoms with Crippen LogP contribution in [-0.4, -0.2) is 21.3 Å². The van der Waals surface area contributed by atoms with Crippen LogP contribution < -0.4 is 4.90 Å². The third kappa shape index (κ3) is 2.27. The number of nitrogens with zero attached hydrogens (tertiary/aromatic N) is 5. The van der Waals surface area contributed by atoms with Gasteiger partial charge in [-0.1, -0.05) is 0 Å². The molecule has 3 heterocycles. The minimum Gasteiger partial charge on any atom is -0.349 e. The molecule has 2 aromatic heterocycles. The molecule has 0 radical (unpaired) electrons. The van der Waals surface area contributed by atoms with Crippen molar-refractivity contribution in [1.29, 1.82) is 5.26 Å². The maximum atomic E-state index is 8.88. The zero-order valence-electron chi connectivity index (χ0n) is 12.7. The molecular formula is C16H19N5. The molecule has 5 heteroatoms. The van der Waals surface area contributed by atoms with E-state index in [4.69, 9.17) is 5.26 Å². The van der Waals surface area contributed by atoms with E-state index in [0.717, 1.165) is 30.9 Å². The Morgan fingerprint density at radius 2 is 2.14 bits per heavy atom. The fraction of sp³-hybridized carbons (Fsp3) is 0.438. The van der Waals surface area contributed by atoms with Crippen molar-refractivity contribution in [3.05, 3.63) is 40.8 Å². The van der Waals surface area contributed by atoms with Gasteiger partial charge in [-0.15, -0.1) is 0 Å². The van der Waals surface area contributed by atoms with Crippen molar-refractivity contribution < 1.29 is 0 Å². The molecule has 0 amide bonds. The second-order valence-corrected chi connectivity index (χ2v) is 5.58. The SMILES string of the molecule is Cc1nn(C)c(C)c1[C@@H]1CCCN1c1ccc(C#N)cn1. The minimum atomic E-state index is 0.333. The van der Waals surface area contributed by atoms with Gasteiger partial charge >= 0.3 is 0 Å². The molecule has 0 bridgehead atoms. The zero-order chi connectivity index (χ0) is 15.0. The van der Waals surface area contributed by atoms with Gasteiger partial charge in [0.05, 0.1) is 17.3 Å². The normalized spacial score (nSPS) is 18.0. The molecule has 1 aliphatic rings. The van der Waals surface area contributed by atoms with Gasteiger partial charge in [0.1, 0.15) is 11.9 Å². The van der Waals surface area contributed by atoms with E-state index in [2.05, 4.69) is 34.9 Å². The number of hydrogen-bond donors (Lipinski definition) is 0. The van der Waals surface area contributed by atoms with E-state index in [1.165, 1.54) is 11.3 Å². The second-order valence-electron chi connectivity index (χ2n) is 5.58. The first-order valence-corrected chi connectivity index (χ1v) is 7.24. The number of hydrogen-bond acceptors (Lipinski definition) is 4. The topological polar surface area (TPSA) is 57.7 Å². The Hall–Kier alpha value is -2.35. The lowest BCUT2D eigenvalue weighted by Crippen LogP contribution is -2.24. The number of aromatic nitrogens is 3. The molecule has 2 aromatic rings. The number of anilines is 1. The van der Waals surface area contributed by atoms with Crippen LogP contribution >= 0.6 is 0 Å². The lowest BCUT2D eigenvalue weighted by Gasteiger charge is -2.26. The second kappa shape index (κ2) is 5.21. The van der Waals surface area contributed by atoms with Crippen molar-refractivity contribution in [2.24, 2.45) is 7.05 Å². The minimum absolute atomic E-state index is 0.333.